The highest BCUT2D eigenvalue weighted by Crippen LogP contribution is 2.19. The average molecular weight is 290 g/mol. The lowest BCUT2D eigenvalue weighted by Crippen LogP contribution is -2.24. The van der Waals surface area contributed by atoms with E-state index in [-0.39, 0.29) is 5.91 Å². The van der Waals surface area contributed by atoms with Gasteiger partial charge in [-0.25, -0.2) is 0 Å². The van der Waals surface area contributed by atoms with E-state index < -0.39 is 0 Å². The van der Waals surface area contributed by atoms with Crippen LogP contribution in [0.15, 0.2) is 42.7 Å². The van der Waals surface area contributed by atoms with Crippen LogP contribution in [0.5, 0.6) is 0 Å². The number of nitrogens with zero attached hydrogens (tertiary/aromatic N) is 1. The second kappa shape index (κ2) is 6.91. The number of aromatic nitrogens is 1. The minimum Gasteiger partial charge on any atom is -0.354 e. The first-order valence-corrected chi connectivity index (χ1v) is 6.82. The SMILES string of the molecule is CCCNC(=O)c1cncc(Nc2ccc(Cl)cc2)c1. The van der Waals surface area contributed by atoms with Gasteiger partial charge in [-0.15, -0.1) is 0 Å². The summed E-state index contributed by atoms with van der Waals surface area (Å²) in [4.78, 5) is 15.9. The molecule has 1 aromatic carbocycles. The van der Waals surface area contributed by atoms with Crippen LogP contribution in [0, 0.1) is 0 Å². The standard InChI is InChI=1S/C15H16ClN3O/c1-2-7-18-15(20)11-8-14(10-17-9-11)19-13-5-3-12(16)4-6-13/h3-6,8-10,19H,2,7H2,1H3,(H,18,20). The molecule has 2 rings (SSSR count). The van der Waals surface area contributed by atoms with Gasteiger partial charge in [-0.3, -0.25) is 9.78 Å². The molecule has 104 valence electrons. The molecule has 0 bridgehead atoms. The number of pyridine rings is 1. The van der Waals surface area contributed by atoms with Gasteiger partial charge in [0.25, 0.3) is 5.91 Å². The third-order valence-corrected chi connectivity index (χ3v) is 2.92. The van der Waals surface area contributed by atoms with Gasteiger partial charge in [0, 0.05) is 23.5 Å². The van der Waals surface area contributed by atoms with Crippen LogP contribution in [-0.2, 0) is 0 Å². The molecular weight excluding hydrogens is 274 g/mol. The number of anilines is 2. The first-order valence-electron chi connectivity index (χ1n) is 6.45. The summed E-state index contributed by atoms with van der Waals surface area (Å²) in [6.45, 7) is 2.67. The summed E-state index contributed by atoms with van der Waals surface area (Å²) in [6.07, 6.45) is 4.13. The number of carbonyl (C=O) groups excluding carboxylic acids is 1. The number of benzene rings is 1. The number of hydrogen-bond donors (Lipinski definition) is 2. The van der Waals surface area contributed by atoms with E-state index in [1.54, 1.807) is 30.6 Å². The molecule has 1 aromatic heterocycles. The van der Waals surface area contributed by atoms with Gasteiger partial charge in [-0.05, 0) is 36.8 Å². The fraction of sp³-hybridized carbons (Fsp3) is 0.200. The quantitative estimate of drug-likeness (QED) is 0.884. The largest absolute Gasteiger partial charge is 0.354 e. The van der Waals surface area contributed by atoms with E-state index in [1.165, 1.54) is 0 Å². The van der Waals surface area contributed by atoms with E-state index in [4.69, 9.17) is 11.6 Å². The average Bonchev–Trinajstić information content (AvgIpc) is 2.47. The van der Waals surface area contributed by atoms with Crippen LogP contribution >= 0.6 is 11.6 Å². The molecule has 0 aliphatic rings. The van der Waals surface area contributed by atoms with Crippen molar-refractivity contribution in [2.45, 2.75) is 13.3 Å². The molecule has 2 aromatic rings. The minimum atomic E-state index is -0.112. The minimum absolute atomic E-state index is 0.112. The Morgan fingerprint density at radius 2 is 1.95 bits per heavy atom. The molecule has 5 heteroatoms. The summed E-state index contributed by atoms with van der Waals surface area (Å²) in [7, 11) is 0. The van der Waals surface area contributed by atoms with Crippen molar-refractivity contribution in [3.63, 3.8) is 0 Å². The van der Waals surface area contributed by atoms with Gasteiger partial charge < -0.3 is 10.6 Å². The Labute approximate surface area is 123 Å². The zero-order valence-corrected chi connectivity index (χ0v) is 11.9. The molecule has 0 fully saturated rings. The van der Waals surface area contributed by atoms with Crippen molar-refractivity contribution in [2.24, 2.45) is 0 Å². The maximum absolute atomic E-state index is 11.9. The molecule has 1 amide bonds. The normalized spacial score (nSPS) is 10.1. The molecule has 0 spiro atoms. The third-order valence-electron chi connectivity index (χ3n) is 2.67. The predicted octanol–water partition coefficient (Wildman–Crippen LogP) is 3.62. The van der Waals surface area contributed by atoms with Gasteiger partial charge in [-0.1, -0.05) is 18.5 Å². The molecule has 0 aliphatic carbocycles. The van der Waals surface area contributed by atoms with Crippen molar-refractivity contribution in [2.75, 3.05) is 11.9 Å². The van der Waals surface area contributed by atoms with Crippen LogP contribution in [0.4, 0.5) is 11.4 Å². The second-order valence-electron chi connectivity index (χ2n) is 4.35. The monoisotopic (exact) mass is 289 g/mol. The fourth-order valence-corrected chi connectivity index (χ4v) is 1.80. The van der Waals surface area contributed by atoms with Crippen LogP contribution in [0.2, 0.25) is 5.02 Å². The van der Waals surface area contributed by atoms with Crippen molar-refractivity contribution >= 4 is 28.9 Å². The number of nitrogens with one attached hydrogen (secondary N) is 2. The maximum Gasteiger partial charge on any atom is 0.252 e. The Bertz CT molecular complexity index is 584. The van der Waals surface area contributed by atoms with Gasteiger partial charge >= 0.3 is 0 Å². The number of rotatable bonds is 5. The zero-order chi connectivity index (χ0) is 14.4. The molecule has 0 atom stereocenters. The fourth-order valence-electron chi connectivity index (χ4n) is 1.67. The lowest BCUT2D eigenvalue weighted by atomic mass is 10.2. The zero-order valence-electron chi connectivity index (χ0n) is 11.2. The molecule has 0 saturated carbocycles. The second-order valence-corrected chi connectivity index (χ2v) is 4.79. The van der Waals surface area contributed by atoms with Crippen molar-refractivity contribution in [1.29, 1.82) is 0 Å². The van der Waals surface area contributed by atoms with Crippen LogP contribution in [0.25, 0.3) is 0 Å². The van der Waals surface area contributed by atoms with Gasteiger partial charge in [0.05, 0.1) is 17.4 Å². The van der Waals surface area contributed by atoms with E-state index in [1.807, 2.05) is 19.1 Å². The maximum atomic E-state index is 11.9. The van der Waals surface area contributed by atoms with Crippen molar-refractivity contribution < 1.29 is 4.79 Å². The topological polar surface area (TPSA) is 54.0 Å². The Morgan fingerprint density at radius 3 is 2.65 bits per heavy atom. The predicted molar refractivity (Wildman–Crippen MR) is 81.6 cm³/mol. The summed E-state index contributed by atoms with van der Waals surface area (Å²) in [5.41, 5.74) is 2.19. The van der Waals surface area contributed by atoms with E-state index >= 15 is 0 Å². The number of carbonyl (C=O) groups is 1. The smallest absolute Gasteiger partial charge is 0.252 e. The highest BCUT2D eigenvalue weighted by atomic mass is 35.5. The number of hydrogen-bond acceptors (Lipinski definition) is 3. The lowest BCUT2D eigenvalue weighted by molar-refractivity contribution is 0.0953. The molecule has 20 heavy (non-hydrogen) atoms. The van der Waals surface area contributed by atoms with E-state index in [0.717, 1.165) is 17.8 Å². The van der Waals surface area contributed by atoms with Crippen LogP contribution in [0.1, 0.15) is 23.7 Å². The van der Waals surface area contributed by atoms with E-state index in [9.17, 15) is 4.79 Å². The van der Waals surface area contributed by atoms with Crippen LogP contribution < -0.4 is 10.6 Å². The summed E-state index contributed by atoms with van der Waals surface area (Å²) in [5.74, 6) is -0.112. The molecule has 0 radical (unpaired) electrons. The lowest BCUT2D eigenvalue weighted by Gasteiger charge is -2.08. The van der Waals surface area contributed by atoms with E-state index in [0.29, 0.717) is 17.1 Å². The van der Waals surface area contributed by atoms with Gasteiger partial charge in [0.15, 0.2) is 0 Å². The first-order chi connectivity index (χ1) is 9.69. The van der Waals surface area contributed by atoms with Crippen LogP contribution in [0.3, 0.4) is 0 Å². The van der Waals surface area contributed by atoms with Gasteiger partial charge in [0.2, 0.25) is 0 Å². The molecule has 0 unspecified atom stereocenters. The van der Waals surface area contributed by atoms with Gasteiger partial charge in [0.1, 0.15) is 0 Å². The van der Waals surface area contributed by atoms with Crippen molar-refractivity contribution in [3.8, 4) is 0 Å². The number of amides is 1. The molecular formula is C15H16ClN3O. The Morgan fingerprint density at radius 1 is 1.20 bits per heavy atom. The third kappa shape index (κ3) is 3.96. The van der Waals surface area contributed by atoms with Crippen molar-refractivity contribution in [3.05, 3.63) is 53.3 Å². The Kier molecular flexibility index (Phi) is 4.96. The molecule has 0 aliphatic heterocycles. The molecule has 4 nitrogen and oxygen atoms in total. The summed E-state index contributed by atoms with van der Waals surface area (Å²) >= 11 is 5.84. The summed E-state index contributed by atoms with van der Waals surface area (Å²) in [5, 5.41) is 6.69. The Balaban J connectivity index is 2.09. The molecule has 2 N–H and O–H groups in total. The summed E-state index contributed by atoms with van der Waals surface area (Å²) < 4.78 is 0. The first kappa shape index (κ1) is 14.3. The number of halogens is 1. The molecule has 0 saturated heterocycles. The highest BCUT2D eigenvalue weighted by Gasteiger charge is 2.06. The Hall–Kier alpha value is -2.07. The highest BCUT2D eigenvalue weighted by molar-refractivity contribution is 6.30. The van der Waals surface area contributed by atoms with E-state index in [2.05, 4.69) is 15.6 Å². The molecule has 1 heterocycles. The van der Waals surface area contributed by atoms with Gasteiger partial charge in [-0.2, -0.15) is 0 Å². The van der Waals surface area contributed by atoms with Crippen molar-refractivity contribution in [1.82, 2.24) is 10.3 Å². The van der Waals surface area contributed by atoms with Crippen LogP contribution in [-0.4, -0.2) is 17.4 Å². The summed E-state index contributed by atoms with van der Waals surface area (Å²) in [6, 6.07) is 9.11.